The molecule has 1 aromatic carbocycles. The van der Waals surface area contributed by atoms with E-state index in [1.807, 2.05) is 0 Å². The number of nitro benzene ring substituents is 1. The summed E-state index contributed by atoms with van der Waals surface area (Å²) in [5.74, 6) is -0.00613. The van der Waals surface area contributed by atoms with E-state index in [1.165, 1.54) is 24.4 Å². The minimum absolute atomic E-state index is 0.00613. The summed E-state index contributed by atoms with van der Waals surface area (Å²) >= 11 is 12.2. The summed E-state index contributed by atoms with van der Waals surface area (Å²) in [6.45, 7) is 6.79. The van der Waals surface area contributed by atoms with Crippen molar-refractivity contribution in [3.8, 4) is 5.75 Å². The van der Waals surface area contributed by atoms with Crippen LogP contribution < -0.4 is 10.1 Å². The van der Waals surface area contributed by atoms with Gasteiger partial charge in [0.1, 0.15) is 17.4 Å². The van der Waals surface area contributed by atoms with Crippen LogP contribution in [-0.2, 0) is 11.3 Å². The first kappa shape index (κ1) is 21.7. The number of benzene rings is 1. The van der Waals surface area contributed by atoms with Gasteiger partial charge in [0.05, 0.1) is 15.6 Å². The minimum atomic E-state index is -0.722. The number of carbonyl (C=O) groups is 1. The van der Waals surface area contributed by atoms with Gasteiger partial charge in [0.15, 0.2) is 5.75 Å². The van der Waals surface area contributed by atoms with Crippen LogP contribution in [0, 0.1) is 17.0 Å². The lowest BCUT2D eigenvalue weighted by atomic mass is 10.2. The maximum absolute atomic E-state index is 11.8. The predicted molar refractivity (Wildman–Crippen MR) is 106 cm³/mol. The SMILES string of the molecule is Cc1cnc(Cl)c(COc2ccc(NC(=O)OC(C)(C)C)cc2[N+](=O)[O-])c1Cl. The Morgan fingerprint density at radius 1 is 1.32 bits per heavy atom. The monoisotopic (exact) mass is 427 g/mol. The molecule has 1 N–H and O–H groups in total. The van der Waals surface area contributed by atoms with Crippen LogP contribution in [0.4, 0.5) is 16.2 Å². The minimum Gasteiger partial charge on any atom is -0.482 e. The highest BCUT2D eigenvalue weighted by molar-refractivity contribution is 6.35. The molecule has 8 nitrogen and oxygen atoms in total. The van der Waals surface area contributed by atoms with E-state index >= 15 is 0 Å². The Hall–Kier alpha value is -2.58. The second kappa shape index (κ2) is 8.62. The third kappa shape index (κ3) is 5.71. The Morgan fingerprint density at radius 2 is 2.00 bits per heavy atom. The highest BCUT2D eigenvalue weighted by Crippen LogP contribution is 2.33. The van der Waals surface area contributed by atoms with Gasteiger partial charge in [-0.15, -0.1) is 0 Å². The van der Waals surface area contributed by atoms with Crippen molar-refractivity contribution in [1.29, 1.82) is 0 Å². The molecule has 1 aromatic heterocycles. The molecule has 0 bridgehead atoms. The fourth-order valence-corrected chi connectivity index (χ4v) is 2.61. The van der Waals surface area contributed by atoms with Crippen LogP contribution >= 0.6 is 23.2 Å². The average molecular weight is 428 g/mol. The van der Waals surface area contributed by atoms with Gasteiger partial charge < -0.3 is 9.47 Å². The van der Waals surface area contributed by atoms with E-state index in [9.17, 15) is 14.9 Å². The standard InChI is InChI=1S/C18H19Cl2N3O5/c1-10-8-21-16(20)12(15(10)19)9-27-14-6-5-11(7-13(14)23(25)26)22-17(24)28-18(2,3)4/h5-8H,9H2,1-4H3,(H,22,24). The van der Waals surface area contributed by atoms with Crippen molar-refractivity contribution in [3.63, 3.8) is 0 Å². The lowest BCUT2D eigenvalue weighted by Gasteiger charge is -2.19. The first-order chi connectivity index (χ1) is 13.0. The van der Waals surface area contributed by atoms with Crippen molar-refractivity contribution < 1.29 is 19.2 Å². The molecule has 0 saturated heterocycles. The molecule has 0 atom stereocenters. The molecule has 2 aromatic rings. The number of pyridine rings is 1. The van der Waals surface area contributed by atoms with Crippen molar-refractivity contribution in [2.75, 3.05) is 5.32 Å². The van der Waals surface area contributed by atoms with Crippen LogP contribution in [0.25, 0.3) is 0 Å². The van der Waals surface area contributed by atoms with Gasteiger partial charge >= 0.3 is 11.8 Å². The van der Waals surface area contributed by atoms with Crippen LogP contribution in [0.1, 0.15) is 31.9 Å². The maximum Gasteiger partial charge on any atom is 0.412 e. The van der Waals surface area contributed by atoms with E-state index in [-0.39, 0.29) is 28.9 Å². The van der Waals surface area contributed by atoms with Gasteiger partial charge in [0.2, 0.25) is 0 Å². The number of nitrogens with one attached hydrogen (secondary N) is 1. The Bertz CT molecular complexity index is 913. The first-order valence-corrected chi connectivity index (χ1v) is 8.94. The number of rotatable bonds is 5. The topological polar surface area (TPSA) is 104 Å². The summed E-state index contributed by atoms with van der Waals surface area (Å²) in [6.07, 6.45) is 0.799. The largest absolute Gasteiger partial charge is 0.482 e. The van der Waals surface area contributed by atoms with Crippen molar-refractivity contribution in [3.05, 3.63) is 55.8 Å². The number of carbonyl (C=O) groups excluding carboxylic acids is 1. The quantitative estimate of drug-likeness (QED) is 0.382. The maximum atomic E-state index is 11.8. The Balaban J connectivity index is 2.21. The number of hydrogen-bond donors (Lipinski definition) is 1. The third-order valence-corrected chi connectivity index (χ3v) is 4.26. The molecular weight excluding hydrogens is 409 g/mol. The molecule has 0 aliphatic rings. The normalized spacial score (nSPS) is 11.1. The van der Waals surface area contributed by atoms with Crippen LogP contribution in [0.3, 0.4) is 0 Å². The summed E-state index contributed by atoms with van der Waals surface area (Å²) in [5.41, 5.74) is 0.298. The smallest absolute Gasteiger partial charge is 0.412 e. The number of aromatic nitrogens is 1. The van der Waals surface area contributed by atoms with Gasteiger partial charge in [-0.2, -0.15) is 0 Å². The fraction of sp³-hybridized carbons (Fsp3) is 0.333. The van der Waals surface area contributed by atoms with E-state index in [2.05, 4.69) is 10.3 Å². The van der Waals surface area contributed by atoms with Crippen molar-refractivity contribution in [1.82, 2.24) is 4.98 Å². The van der Waals surface area contributed by atoms with Crippen molar-refractivity contribution in [2.24, 2.45) is 0 Å². The third-order valence-electron chi connectivity index (χ3n) is 3.40. The number of hydrogen-bond acceptors (Lipinski definition) is 6. The molecule has 0 aliphatic heterocycles. The van der Waals surface area contributed by atoms with E-state index in [0.717, 1.165) is 0 Å². The van der Waals surface area contributed by atoms with E-state index < -0.39 is 16.6 Å². The van der Waals surface area contributed by atoms with Gasteiger partial charge in [0, 0.05) is 17.8 Å². The summed E-state index contributed by atoms with van der Waals surface area (Å²) in [5, 5.41) is 14.4. The second-order valence-corrected chi connectivity index (χ2v) is 7.62. The molecule has 0 spiro atoms. The van der Waals surface area contributed by atoms with Gasteiger partial charge in [-0.1, -0.05) is 23.2 Å². The van der Waals surface area contributed by atoms with Crippen molar-refractivity contribution >= 4 is 40.7 Å². The number of anilines is 1. The molecule has 0 aliphatic carbocycles. The van der Waals surface area contributed by atoms with E-state index in [4.69, 9.17) is 32.7 Å². The summed E-state index contributed by atoms with van der Waals surface area (Å²) < 4.78 is 10.7. The molecule has 28 heavy (non-hydrogen) atoms. The number of aryl methyl sites for hydroxylation is 1. The number of nitro groups is 1. The fourth-order valence-electron chi connectivity index (χ4n) is 2.17. The molecule has 0 unspecified atom stereocenters. The van der Waals surface area contributed by atoms with Gasteiger partial charge in [0.25, 0.3) is 0 Å². The Kier molecular flexibility index (Phi) is 6.69. The molecular formula is C18H19Cl2N3O5. The molecule has 0 saturated carbocycles. The molecule has 0 radical (unpaired) electrons. The van der Waals surface area contributed by atoms with Crippen LogP contribution in [0.15, 0.2) is 24.4 Å². The lowest BCUT2D eigenvalue weighted by molar-refractivity contribution is -0.385. The van der Waals surface area contributed by atoms with Crippen molar-refractivity contribution in [2.45, 2.75) is 39.9 Å². The average Bonchev–Trinajstić information content (AvgIpc) is 2.57. The Morgan fingerprint density at radius 3 is 2.61 bits per heavy atom. The summed E-state index contributed by atoms with van der Waals surface area (Å²) in [4.78, 5) is 26.6. The molecule has 0 fully saturated rings. The highest BCUT2D eigenvalue weighted by atomic mass is 35.5. The van der Waals surface area contributed by atoms with Gasteiger partial charge in [-0.3, -0.25) is 15.4 Å². The zero-order chi connectivity index (χ0) is 21.1. The molecule has 150 valence electrons. The zero-order valence-corrected chi connectivity index (χ0v) is 17.2. The molecule has 1 amide bonds. The number of amides is 1. The van der Waals surface area contributed by atoms with Gasteiger partial charge in [-0.05, 0) is 45.4 Å². The molecule has 10 heteroatoms. The first-order valence-electron chi connectivity index (χ1n) is 8.18. The summed E-state index contributed by atoms with van der Waals surface area (Å²) in [6, 6.07) is 4.01. The highest BCUT2D eigenvalue weighted by Gasteiger charge is 2.21. The molecule has 2 rings (SSSR count). The second-order valence-electron chi connectivity index (χ2n) is 6.88. The lowest BCUT2D eigenvalue weighted by Crippen LogP contribution is -2.27. The summed E-state index contributed by atoms with van der Waals surface area (Å²) in [7, 11) is 0. The number of halogens is 2. The Labute approximate surface area is 171 Å². The number of nitrogens with zero attached hydrogens (tertiary/aromatic N) is 2. The molecule has 1 heterocycles. The van der Waals surface area contributed by atoms with Crippen LogP contribution in [0.5, 0.6) is 5.75 Å². The van der Waals surface area contributed by atoms with Crippen LogP contribution in [0.2, 0.25) is 10.2 Å². The number of ether oxygens (including phenoxy) is 2. The zero-order valence-electron chi connectivity index (χ0n) is 15.7. The van der Waals surface area contributed by atoms with E-state index in [0.29, 0.717) is 16.1 Å². The predicted octanol–water partition coefficient (Wildman–Crippen LogP) is 5.53. The van der Waals surface area contributed by atoms with Crippen LogP contribution in [-0.4, -0.2) is 21.6 Å². The van der Waals surface area contributed by atoms with Gasteiger partial charge in [-0.25, -0.2) is 9.78 Å². The van der Waals surface area contributed by atoms with E-state index in [1.54, 1.807) is 27.7 Å².